The number of carboxylic acids is 1. The fourth-order valence-electron chi connectivity index (χ4n) is 0.754. The van der Waals surface area contributed by atoms with E-state index in [2.05, 4.69) is 0 Å². The molecule has 1 aromatic carbocycles. The quantitative estimate of drug-likeness (QED) is 0.683. The monoisotopic (exact) mass is 277 g/mol. The number of hydrogen-bond acceptors (Lipinski definition) is 2. The van der Waals surface area contributed by atoms with Crippen LogP contribution in [0.2, 0.25) is 15.1 Å². The summed E-state index contributed by atoms with van der Waals surface area (Å²) in [5.41, 5.74) is 0. The molecule has 0 fully saturated rings. The van der Waals surface area contributed by atoms with Crippen LogP contribution < -0.4 is 4.74 Å². The van der Waals surface area contributed by atoms with E-state index in [0.29, 0.717) is 5.02 Å². The average molecular weight is 278 g/mol. The van der Waals surface area contributed by atoms with Crippen LogP contribution in [0, 0.1) is 0 Å². The standard InChI is InChI=1S/C8H5Cl3O3.Na/c9-4-1-6(11)7(2-5(4)10)14-3-8(12)13;/h1-2H,3H2,(H,12,13);. The first-order valence-corrected chi connectivity index (χ1v) is 4.63. The number of aliphatic carboxylic acids is 1. The van der Waals surface area contributed by atoms with Crippen molar-refractivity contribution in [2.45, 2.75) is 0 Å². The third kappa shape index (κ3) is 4.81. The van der Waals surface area contributed by atoms with Crippen LogP contribution in [0.4, 0.5) is 0 Å². The maximum absolute atomic E-state index is 10.2. The second kappa shape index (κ2) is 6.84. The van der Waals surface area contributed by atoms with Crippen molar-refractivity contribution in [2.24, 2.45) is 0 Å². The molecule has 0 aromatic heterocycles. The summed E-state index contributed by atoms with van der Waals surface area (Å²) in [6.45, 7) is -0.475. The molecule has 0 amide bonds. The number of rotatable bonds is 3. The molecule has 0 aliphatic carbocycles. The van der Waals surface area contributed by atoms with Gasteiger partial charge in [-0.15, -0.1) is 0 Å². The molecule has 0 spiro atoms. The molecule has 1 aromatic rings. The van der Waals surface area contributed by atoms with Gasteiger partial charge < -0.3 is 9.84 Å². The van der Waals surface area contributed by atoms with Crippen LogP contribution in [-0.4, -0.2) is 47.2 Å². The van der Waals surface area contributed by atoms with Crippen LogP contribution in [-0.2, 0) is 4.79 Å². The third-order valence-electron chi connectivity index (χ3n) is 1.33. The topological polar surface area (TPSA) is 46.5 Å². The first-order valence-electron chi connectivity index (χ1n) is 3.50. The minimum atomic E-state index is -1.09. The van der Waals surface area contributed by atoms with Gasteiger partial charge in [0.05, 0.1) is 15.1 Å². The Labute approximate surface area is 124 Å². The first kappa shape index (κ1) is 15.4. The Morgan fingerprint density at radius 3 is 2.27 bits per heavy atom. The summed E-state index contributed by atoms with van der Waals surface area (Å²) < 4.78 is 4.86. The summed E-state index contributed by atoms with van der Waals surface area (Å²) in [7, 11) is 0. The van der Waals surface area contributed by atoms with E-state index in [1.54, 1.807) is 0 Å². The van der Waals surface area contributed by atoms with Crippen LogP contribution in [0.15, 0.2) is 12.1 Å². The predicted octanol–water partition coefficient (Wildman–Crippen LogP) is 2.73. The number of hydrogen-bond donors (Lipinski definition) is 1. The first-order chi connectivity index (χ1) is 6.50. The van der Waals surface area contributed by atoms with Crippen LogP contribution >= 0.6 is 34.8 Å². The summed E-state index contributed by atoms with van der Waals surface area (Å²) in [4.78, 5) is 10.2. The van der Waals surface area contributed by atoms with Crippen molar-refractivity contribution < 1.29 is 14.6 Å². The van der Waals surface area contributed by atoms with Crippen LogP contribution in [0.3, 0.4) is 0 Å². The van der Waals surface area contributed by atoms with Gasteiger partial charge in [0.15, 0.2) is 6.61 Å². The molecular weight excluding hydrogens is 273 g/mol. The Morgan fingerprint density at radius 2 is 1.73 bits per heavy atom. The minimum Gasteiger partial charge on any atom is -0.480 e. The van der Waals surface area contributed by atoms with Crippen molar-refractivity contribution in [1.82, 2.24) is 0 Å². The Morgan fingerprint density at radius 1 is 1.20 bits per heavy atom. The molecule has 1 N–H and O–H groups in total. The van der Waals surface area contributed by atoms with Gasteiger partial charge in [0.1, 0.15) is 5.75 Å². The van der Waals surface area contributed by atoms with Crippen molar-refractivity contribution in [2.75, 3.05) is 6.61 Å². The molecular formula is C8H5Cl3NaO3. The van der Waals surface area contributed by atoms with Crippen LogP contribution in [0.25, 0.3) is 0 Å². The zero-order chi connectivity index (χ0) is 10.7. The second-order valence-corrected chi connectivity index (χ2v) is 3.60. The van der Waals surface area contributed by atoms with Crippen molar-refractivity contribution in [1.29, 1.82) is 0 Å². The molecule has 0 bridgehead atoms. The fourth-order valence-corrected chi connectivity index (χ4v) is 1.35. The van der Waals surface area contributed by atoms with E-state index in [4.69, 9.17) is 44.6 Å². The smallest absolute Gasteiger partial charge is 0.341 e. The summed E-state index contributed by atoms with van der Waals surface area (Å²) in [6.07, 6.45) is 0. The van der Waals surface area contributed by atoms with Crippen molar-refractivity contribution >= 4 is 70.3 Å². The van der Waals surface area contributed by atoms with Gasteiger partial charge >= 0.3 is 5.97 Å². The number of benzene rings is 1. The molecule has 1 radical (unpaired) electrons. The summed E-state index contributed by atoms with van der Waals surface area (Å²) >= 11 is 17.1. The van der Waals surface area contributed by atoms with Gasteiger partial charge in [-0.1, -0.05) is 34.8 Å². The summed E-state index contributed by atoms with van der Waals surface area (Å²) in [5, 5.41) is 9.14. The van der Waals surface area contributed by atoms with Gasteiger partial charge in [-0.2, -0.15) is 0 Å². The second-order valence-electron chi connectivity index (χ2n) is 2.38. The number of halogens is 3. The molecule has 7 heteroatoms. The largest absolute Gasteiger partial charge is 0.480 e. The SMILES string of the molecule is O=C(O)COc1cc(Cl)c(Cl)cc1Cl.[Na]. The van der Waals surface area contributed by atoms with E-state index in [0.717, 1.165) is 0 Å². The molecule has 1 rings (SSSR count). The van der Waals surface area contributed by atoms with Crippen molar-refractivity contribution in [3.63, 3.8) is 0 Å². The maximum Gasteiger partial charge on any atom is 0.341 e. The fraction of sp³-hybridized carbons (Fsp3) is 0.125. The Hall–Kier alpha value is 0.360. The molecule has 3 nitrogen and oxygen atoms in total. The zero-order valence-electron chi connectivity index (χ0n) is 7.76. The molecule has 77 valence electrons. The van der Waals surface area contributed by atoms with Crippen molar-refractivity contribution in [3.05, 3.63) is 27.2 Å². The van der Waals surface area contributed by atoms with E-state index in [1.807, 2.05) is 0 Å². The summed E-state index contributed by atoms with van der Waals surface area (Å²) in [6, 6.07) is 2.76. The van der Waals surface area contributed by atoms with E-state index in [1.165, 1.54) is 12.1 Å². The minimum absolute atomic E-state index is 0. The van der Waals surface area contributed by atoms with Gasteiger partial charge in [-0.3, -0.25) is 0 Å². The van der Waals surface area contributed by atoms with Gasteiger partial charge in [0, 0.05) is 35.6 Å². The van der Waals surface area contributed by atoms with E-state index in [-0.39, 0.29) is 45.4 Å². The van der Waals surface area contributed by atoms with Crippen LogP contribution in [0.5, 0.6) is 5.75 Å². The number of carbonyl (C=O) groups is 1. The van der Waals surface area contributed by atoms with Gasteiger partial charge in [-0.25, -0.2) is 4.79 Å². The van der Waals surface area contributed by atoms with E-state index >= 15 is 0 Å². The number of carboxylic acid groups (broad SMARTS) is 1. The molecule has 0 atom stereocenters. The zero-order valence-corrected chi connectivity index (χ0v) is 12.0. The average Bonchev–Trinajstić information content (AvgIpc) is 2.09. The summed E-state index contributed by atoms with van der Waals surface area (Å²) in [5.74, 6) is -0.893. The van der Waals surface area contributed by atoms with E-state index in [9.17, 15) is 4.79 Å². The van der Waals surface area contributed by atoms with E-state index < -0.39 is 12.6 Å². The van der Waals surface area contributed by atoms with Crippen molar-refractivity contribution in [3.8, 4) is 5.75 Å². The Balaban J connectivity index is 0.00000196. The molecule has 15 heavy (non-hydrogen) atoms. The molecule has 0 saturated heterocycles. The van der Waals surface area contributed by atoms with Gasteiger partial charge in [0.2, 0.25) is 0 Å². The van der Waals surface area contributed by atoms with Gasteiger partial charge in [-0.05, 0) is 6.07 Å². The molecule has 0 heterocycles. The molecule has 0 saturated carbocycles. The molecule has 0 aliphatic rings. The predicted molar refractivity (Wildman–Crippen MR) is 60.4 cm³/mol. The Kier molecular flexibility index (Phi) is 7.00. The Bertz CT molecular complexity index is 370. The normalized spacial score (nSPS) is 9.27. The van der Waals surface area contributed by atoms with Gasteiger partial charge in [0.25, 0.3) is 0 Å². The number of ether oxygens (including phenoxy) is 1. The molecule has 0 unspecified atom stereocenters. The van der Waals surface area contributed by atoms with Crippen LogP contribution in [0.1, 0.15) is 0 Å². The maximum atomic E-state index is 10.2. The third-order valence-corrected chi connectivity index (χ3v) is 2.34. The molecule has 0 aliphatic heterocycles.